The fraction of sp³-hybridized carbons (Fsp3) is 0.333. The molecule has 0 amide bonds. The van der Waals surface area contributed by atoms with Gasteiger partial charge in [-0.15, -0.1) is 0 Å². The van der Waals surface area contributed by atoms with Crippen molar-refractivity contribution in [2.45, 2.75) is 5.54 Å². The van der Waals surface area contributed by atoms with Gasteiger partial charge in [-0.05, 0) is 17.7 Å². The minimum atomic E-state index is -0.438. The Hall–Kier alpha value is -2.22. The SMILES string of the molecule is NC1=NC2(c3ccncc3)CN(c3ncc(F)cn3)CC2CS1. The van der Waals surface area contributed by atoms with E-state index in [-0.39, 0.29) is 5.92 Å². The quantitative estimate of drug-likeness (QED) is 0.897. The molecule has 2 aromatic heterocycles. The third-order valence-corrected chi connectivity index (χ3v) is 5.32. The van der Waals surface area contributed by atoms with Crippen LogP contribution < -0.4 is 10.6 Å². The van der Waals surface area contributed by atoms with Gasteiger partial charge in [-0.1, -0.05) is 11.8 Å². The first kappa shape index (κ1) is 14.4. The Kier molecular flexibility index (Phi) is 3.41. The Morgan fingerprint density at radius 3 is 2.74 bits per heavy atom. The maximum absolute atomic E-state index is 13.1. The molecule has 4 heterocycles. The van der Waals surface area contributed by atoms with Crippen LogP contribution in [0, 0.1) is 11.7 Å². The third kappa shape index (κ3) is 2.42. The maximum atomic E-state index is 13.1. The van der Waals surface area contributed by atoms with Crippen molar-refractivity contribution >= 4 is 22.9 Å². The van der Waals surface area contributed by atoms with Gasteiger partial charge in [0.2, 0.25) is 5.95 Å². The van der Waals surface area contributed by atoms with Gasteiger partial charge in [-0.25, -0.2) is 19.4 Å². The van der Waals surface area contributed by atoms with E-state index in [4.69, 9.17) is 10.7 Å². The third-order valence-electron chi connectivity index (χ3n) is 4.36. The average Bonchev–Trinajstić information content (AvgIpc) is 2.96. The van der Waals surface area contributed by atoms with E-state index in [1.54, 1.807) is 24.2 Å². The van der Waals surface area contributed by atoms with Crippen molar-refractivity contribution in [1.82, 2.24) is 15.0 Å². The fourth-order valence-electron chi connectivity index (χ4n) is 3.29. The van der Waals surface area contributed by atoms with Gasteiger partial charge in [0.15, 0.2) is 11.0 Å². The van der Waals surface area contributed by atoms with Crippen molar-refractivity contribution in [3.05, 3.63) is 48.3 Å². The minimum Gasteiger partial charge on any atom is -0.379 e. The summed E-state index contributed by atoms with van der Waals surface area (Å²) in [5.41, 5.74) is 6.68. The maximum Gasteiger partial charge on any atom is 0.225 e. The van der Waals surface area contributed by atoms with Crippen LogP contribution in [-0.4, -0.2) is 39.0 Å². The Morgan fingerprint density at radius 1 is 1.26 bits per heavy atom. The van der Waals surface area contributed by atoms with Crippen molar-refractivity contribution in [3.8, 4) is 0 Å². The van der Waals surface area contributed by atoms with E-state index in [0.29, 0.717) is 17.7 Å². The molecular formula is C15H15FN6S. The summed E-state index contributed by atoms with van der Waals surface area (Å²) in [7, 11) is 0. The molecule has 0 radical (unpaired) electrons. The van der Waals surface area contributed by atoms with E-state index >= 15 is 0 Å². The zero-order chi connectivity index (χ0) is 15.9. The minimum absolute atomic E-state index is 0.288. The van der Waals surface area contributed by atoms with Gasteiger partial charge in [-0.3, -0.25) is 4.98 Å². The number of nitrogens with zero attached hydrogens (tertiary/aromatic N) is 5. The second kappa shape index (κ2) is 5.45. The molecule has 8 heteroatoms. The number of hydrogen-bond donors (Lipinski definition) is 1. The Balaban J connectivity index is 1.75. The van der Waals surface area contributed by atoms with Crippen LogP contribution in [0.25, 0.3) is 0 Å². The predicted molar refractivity (Wildman–Crippen MR) is 87.7 cm³/mol. The number of pyridine rings is 1. The lowest BCUT2D eigenvalue weighted by atomic mass is 9.82. The summed E-state index contributed by atoms with van der Waals surface area (Å²) < 4.78 is 13.1. The van der Waals surface area contributed by atoms with E-state index < -0.39 is 11.4 Å². The number of rotatable bonds is 2. The zero-order valence-electron chi connectivity index (χ0n) is 12.3. The first-order valence-electron chi connectivity index (χ1n) is 7.28. The smallest absolute Gasteiger partial charge is 0.225 e. The highest BCUT2D eigenvalue weighted by molar-refractivity contribution is 8.13. The number of aliphatic imine (C=N–C) groups is 1. The zero-order valence-corrected chi connectivity index (χ0v) is 13.1. The summed E-state index contributed by atoms with van der Waals surface area (Å²) in [5, 5.41) is 0.597. The van der Waals surface area contributed by atoms with Gasteiger partial charge in [0.25, 0.3) is 0 Å². The van der Waals surface area contributed by atoms with Crippen LogP contribution in [0.3, 0.4) is 0 Å². The van der Waals surface area contributed by atoms with Crippen molar-refractivity contribution in [2.75, 3.05) is 23.7 Å². The van der Waals surface area contributed by atoms with Gasteiger partial charge in [0, 0.05) is 30.6 Å². The highest BCUT2D eigenvalue weighted by Crippen LogP contribution is 2.45. The van der Waals surface area contributed by atoms with Crippen molar-refractivity contribution in [2.24, 2.45) is 16.6 Å². The molecule has 4 rings (SSSR count). The van der Waals surface area contributed by atoms with E-state index in [1.807, 2.05) is 17.0 Å². The first-order chi connectivity index (χ1) is 11.2. The van der Waals surface area contributed by atoms with Gasteiger partial charge < -0.3 is 10.6 Å². The highest BCUT2D eigenvalue weighted by atomic mass is 32.2. The number of nitrogens with two attached hydrogens (primary N) is 1. The lowest BCUT2D eigenvalue weighted by molar-refractivity contribution is 0.387. The monoisotopic (exact) mass is 330 g/mol. The van der Waals surface area contributed by atoms with Crippen LogP contribution in [0.15, 0.2) is 41.9 Å². The number of hydrogen-bond acceptors (Lipinski definition) is 7. The summed E-state index contributed by atoms with van der Waals surface area (Å²) in [6, 6.07) is 3.96. The molecule has 118 valence electrons. The molecule has 0 aromatic carbocycles. The van der Waals surface area contributed by atoms with Crippen LogP contribution in [0.4, 0.5) is 10.3 Å². The van der Waals surface area contributed by atoms with Gasteiger partial charge in [0.1, 0.15) is 5.54 Å². The molecule has 2 aliphatic heterocycles. The van der Waals surface area contributed by atoms with Gasteiger partial charge >= 0.3 is 0 Å². The van der Waals surface area contributed by atoms with E-state index in [0.717, 1.165) is 17.9 Å². The Bertz CT molecular complexity index is 737. The molecule has 2 atom stereocenters. The highest BCUT2D eigenvalue weighted by Gasteiger charge is 2.50. The van der Waals surface area contributed by atoms with E-state index in [9.17, 15) is 4.39 Å². The topological polar surface area (TPSA) is 80.3 Å². The lowest BCUT2D eigenvalue weighted by Gasteiger charge is -2.34. The molecule has 0 spiro atoms. The second-order valence-electron chi connectivity index (χ2n) is 5.70. The number of fused-ring (bicyclic) bond motifs is 1. The molecule has 23 heavy (non-hydrogen) atoms. The molecule has 1 fully saturated rings. The van der Waals surface area contributed by atoms with Crippen LogP contribution in [-0.2, 0) is 5.54 Å². The van der Waals surface area contributed by atoms with Crippen LogP contribution in [0.1, 0.15) is 5.56 Å². The molecule has 6 nitrogen and oxygen atoms in total. The Morgan fingerprint density at radius 2 is 2.00 bits per heavy atom. The van der Waals surface area contributed by atoms with Gasteiger partial charge in [0.05, 0.1) is 18.9 Å². The summed E-state index contributed by atoms with van der Waals surface area (Å²) >= 11 is 1.57. The van der Waals surface area contributed by atoms with Gasteiger partial charge in [-0.2, -0.15) is 0 Å². The standard InChI is InChI=1S/C15H15FN6S/c16-12-5-19-14(20-6-12)22-7-11-8-23-13(17)21-15(11,9-22)10-1-3-18-4-2-10/h1-6,11H,7-9H2,(H2,17,21). The van der Waals surface area contributed by atoms with E-state index in [2.05, 4.69) is 15.0 Å². The molecule has 2 aliphatic rings. The van der Waals surface area contributed by atoms with Crippen molar-refractivity contribution < 1.29 is 4.39 Å². The van der Waals surface area contributed by atoms with Crippen LogP contribution in [0.2, 0.25) is 0 Å². The number of thioether (sulfide) groups is 1. The molecule has 0 bridgehead atoms. The molecule has 2 aromatic rings. The van der Waals surface area contributed by atoms with Crippen LogP contribution in [0.5, 0.6) is 0 Å². The van der Waals surface area contributed by atoms with Crippen molar-refractivity contribution in [3.63, 3.8) is 0 Å². The number of aromatic nitrogens is 3. The molecule has 2 N–H and O–H groups in total. The van der Waals surface area contributed by atoms with Crippen molar-refractivity contribution in [1.29, 1.82) is 0 Å². The van der Waals surface area contributed by atoms with E-state index in [1.165, 1.54) is 12.4 Å². The average molecular weight is 330 g/mol. The normalized spacial score (nSPS) is 26.7. The Labute approximate surface area is 137 Å². The summed E-state index contributed by atoms with van der Waals surface area (Å²) in [4.78, 5) is 19.1. The molecular weight excluding hydrogens is 315 g/mol. The number of halogens is 1. The molecule has 2 unspecified atom stereocenters. The summed E-state index contributed by atoms with van der Waals surface area (Å²) in [5.74, 6) is 1.26. The number of anilines is 1. The first-order valence-corrected chi connectivity index (χ1v) is 8.27. The summed E-state index contributed by atoms with van der Waals surface area (Å²) in [6.45, 7) is 1.38. The molecule has 1 saturated heterocycles. The predicted octanol–water partition coefficient (Wildman–Crippen LogP) is 1.40. The molecule has 0 aliphatic carbocycles. The second-order valence-corrected chi connectivity index (χ2v) is 6.74. The number of amidine groups is 1. The molecule has 0 saturated carbocycles. The van der Waals surface area contributed by atoms with Crippen LogP contribution >= 0.6 is 11.8 Å². The fourth-order valence-corrected chi connectivity index (χ4v) is 4.27. The largest absolute Gasteiger partial charge is 0.379 e. The summed E-state index contributed by atoms with van der Waals surface area (Å²) in [6.07, 6.45) is 5.92. The lowest BCUT2D eigenvalue weighted by Crippen LogP contribution is -2.40.